The molecule has 3 heterocycles. The molecule has 0 aromatic carbocycles. The monoisotopic (exact) mass is 315 g/mol. The molecule has 0 radical (unpaired) electrons. The minimum atomic E-state index is -0.101. The molecule has 23 heavy (non-hydrogen) atoms. The van der Waals surface area contributed by atoms with Gasteiger partial charge in [0.25, 0.3) is 5.91 Å². The van der Waals surface area contributed by atoms with Crippen LogP contribution >= 0.6 is 0 Å². The van der Waals surface area contributed by atoms with Crippen LogP contribution in [0.25, 0.3) is 0 Å². The van der Waals surface area contributed by atoms with E-state index < -0.39 is 0 Å². The number of aryl methyl sites for hydroxylation is 1. The molecule has 1 amide bonds. The molecule has 7 heteroatoms. The van der Waals surface area contributed by atoms with E-state index in [9.17, 15) is 4.79 Å². The van der Waals surface area contributed by atoms with Crippen molar-refractivity contribution < 1.29 is 9.53 Å². The Morgan fingerprint density at radius 1 is 1.35 bits per heavy atom. The summed E-state index contributed by atoms with van der Waals surface area (Å²) in [7, 11) is 1.52. The summed E-state index contributed by atoms with van der Waals surface area (Å²) in [6.45, 7) is 3.64. The fourth-order valence-electron chi connectivity index (χ4n) is 3.02. The first-order valence-electron chi connectivity index (χ1n) is 7.94. The van der Waals surface area contributed by atoms with E-state index in [0.29, 0.717) is 18.1 Å². The van der Waals surface area contributed by atoms with Gasteiger partial charge < -0.3 is 14.2 Å². The number of amides is 1. The standard InChI is InChI=1S/C16H21N5O2/c1-3-20-11-9-17-15(20)13-6-4-5-10-21(13)16(22)12-7-8-14(23-2)19-18-12/h7-9,11,13H,3-6,10H2,1-2H3/t13-/m0/s1. The van der Waals surface area contributed by atoms with E-state index in [2.05, 4.69) is 26.7 Å². The molecule has 2 aromatic rings. The molecule has 0 bridgehead atoms. The number of hydrogen-bond acceptors (Lipinski definition) is 5. The van der Waals surface area contributed by atoms with Gasteiger partial charge in [-0.25, -0.2) is 4.98 Å². The number of aromatic nitrogens is 4. The van der Waals surface area contributed by atoms with E-state index in [-0.39, 0.29) is 11.9 Å². The van der Waals surface area contributed by atoms with Crippen molar-refractivity contribution >= 4 is 5.91 Å². The molecule has 1 saturated heterocycles. The maximum absolute atomic E-state index is 12.9. The Kier molecular flexibility index (Phi) is 4.55. The zero-order chi connectivity index (χ0) is 16.2. The third-order valence-corrected chi connectivity index (χ3v) is 4.22. The Bertz CT molecular complexity index is 667. The first-order valence-corrected chi connectivity index (χ1v) is 7.94. The molecule has 2 aromatic heterocycles. The number of imidazole rings is 1. The Morgan fingerprint density at radius 2 is 2.22 bits per heavy atom. The zero-order valence-electron chi connectivity index (χ0n) is 13.5. The lowest BCUT2D eigenvalue weighted by atomic mass is 10.0. The minimum Gasteiger partial charge on any atom is -0.480 e. The van der Waals surface area contributed by atoms with Crippen LogP contribution in [-0.4, -0.2) is 44.2 Å². The highest BCUT2D eigenvalue weighted by molar-refractivity contribution is 5.92. The van der Waals surface area contributed by atoms with E-state index in [1.54, 1.807) is 18.3 Å². The minimum absolute atomic E-state index is 0.00454. The van der Waals surface area contributed by atoms with Gasteiger partial charge in [0, 0.05) is 31.5 Å². The summed E-state index contributed by atoms with van der Waals surface area (Å²) in [5.74, 6) is 1.25. The Morgan fingerprint density at radius 3 is 2.91 bits per heavy atom. The van der Waals surface area contributed by atoms with Gasteiger partial charge in [-0.1, -0.05) is 0 Å². The first kappa shape index (κ1) is 15.5. The predicted molar refractivity (Wildman–Crippen MR) is 84.1 cm³/mol. The molecule has 7 nitrogen and oxygen atoms in total. The Labute approximate surface area is 135 Å². The quantitative estimate of drug-likeness (QED) is 0.863. The number of carbonyl (C=O) groups excluding carboxylic acids is 1. The van der Waals surface area contributed by atoms with Gasteiger partial charge in [-0.05, 0) is 32.3 Å². The Balaban J connectivity index is 1.87. The average Bonchev–Trinajstić information content (AvgIpc) is 3.10. The summed E-state index contributed by atoms with van der Waals surface area (Å²) < 4.78 is 7.09. The molecule has 1 aliphatic heterocycles. The van der Waals surface area contributed by atoms with Gasteiger partial charge in [0.1, 0.15) is 5.82 Å². The molecule has 1 aliphatic rings. The molecule has 3 rings (SSSR count). The number of piperidine rings is 1. The van der Waals surface area contributed by atoms with Gasteiger partial charge in [0.15, 0.2) is 5.69 Å². The summed E-state index contributed by atoms with van der Waals surface area (Å²) in [5.41, 5.74) is 0.340. The van der Waals surface area contributed by atoms with Gasteiger partial charge >= 0.3 is 0 Å². The van der Waals surface area contributed by atoms with Crippen molar-refractivity contribution in [2.75, 3.05) is 13.7 Å². The number of ether oxygens (including phenoxy) is 1. The van der Waals surface area contributed by atoms with Gasteiger partial charge in [-0.3, -0.25) is 4.79 Å². The van der Waals surface area contributed by atoms with Crippen LogP contribution in [0.1, 0.15) is 48.5 Å². The number of rotatable bonds is 4. The second-order valence-corrected chi connectivity index (χ2v) is 5.54. The molecular weight excluding hydrogens is 294 g/mol. The number of hydrogen-bond donors (Lipinski definition) is 0. The number of carbonyl (C=O) groups is 1. The van der Waals surface area contributed by atoms with Crippen LogP contribution in [0.4, 0.5) is 0 Å². The second-order valence-electron chi connectivity index (χ2n) is 5.54. The van der Waals surface area contributed by atoms with Crippen LogP contribution in [0.5, 0.6) is 5.88 Å². The van der Waals surface area contributed by atoms with E-state index in [0.717, 1.165) is 31.6 Å². The molecule has 0 N–H and O–H groups in total. The van der Waals surface area contributed by atoms with Crippen molar-refractivity contribution in [3.8, 4) is 5.88 Å². The smallest absolute Gasteiger partial charge is 0.274 e. The normalized spacial score (nSPS) is 18.0. The van der Waals surface area contributed by atoms with E-state index >= 15 is 0 Å². The largest absolute Gasteiger partial charge is 0.480 e. The molecular formula is C16H21N5O2. The lowest BCUT2D eigenvalue weighted by Gasteiger charge is -2.35. The van der Waals surface area contributed by atoms with Crippen LogP contribution in [0, 0.1) is 0 Å². The van der Waals surface area contributed by atoms with E-state index in [1.165, 1.54) is 7.11 Å². The van der Waals surface area contributed by atoms with Crippen LogP contribution < -0.4 is 4.74 Å². The molecule has 0 saturated carbocycles. The van der Waals surface area contributed by atoms with Gasteiger partial charge in [0.2, 0.25) is 5.88 Å². The molecule has 122 valence electrons. The molecule has 1 atom stereocenters. The number of nitrogens with zero attached hydrogens (tertiary/aromatic N) is 5. The molecule has 0 spiro atoms. The van der Waals surface area contributed by atoms with Crippen molar-refractivity contribution in [1.82, 2.24) is 24.6 Å². The maximum Gasteiger partial charge on any atom is 0.274 e. The van der Waals surface area contributed by atoms with Crippen molar-refractivity contribution in [1.29, 1.82) is 0 Å². The lowest BCUT2D eigenvalue weighted by molar-refractivity contribution is 0.0587. The van der Waals surface area contributed by atoms with Crippen LogP contribution in [0.15, 0.2) is 24.5 Å². The first-order chi connectivity index (χ1) is 11.2. The van der Waals surface area contributed by atoms with E-state index in [1.807, 2.05) is 11.1 Å². The topological polar surface area (TPSA) is 73.1 Å². The number of likely N-dealkylation sites (tertiary alicyclic amines) is 1. The highest BCUT2D eigenvalue weighted by atomic mass is 16.5. The van der Waals surface area contributed by atoms with Gasteiger partial charge in [-0.2, -0.15) is 0 Å². The van der Waals surface area contributed by atoms with Crippen molar-refractivity contribution in [3.63, 3.8) is 0 Å². The van der Waals surface area contributed by atoms with Crippen molar-refractivity contribution in [3.05, 3.63) is 36.0 Å². The lowest BCUT2D eigenvalue weighted by Crippen LogP contribution is -2.40. The van der Waals surface area contributed by atoms with Crippen LogP contribution in [-0.2, 0) is 6.54 Å². The summed E-state index contributed by atoms with van der Waals surface area (Å²) in [5, 5.41) is 7.88. The van der Waals surface area contributed by atoms with Crippen LogP contribution in [0.3, 0.4) is 0 Å². The van der Waals surface area contributed by atoms with Gasteiger partial charge in [-0.15, -0.1) is 10.2 Å². The fraction of sp³-hybridized carbons (Fsp3) is 0.500. The highest BCUT2D eigenvalue weighted by Crippen LogP contribution is 2.31. The summed E-state index contributed by atoms with van der Waals surface area (Å²) in [6.07, 6.45) is 6.77. The highest BCUT2D eigenvalue weighted by Gasteiger charge is 2.32. The third kappa shape index (κ3) is 3.04. The molecule has 0 unspecified atom stereocenters. The summed E-state index contributed by atoms with van der Waals surface area (Å²) in [6, 6.07) is 3.31. The maximum atomic E-state index is 12.9. The van der Waals surface area contributed by atoms with Crippen LogP contribution in [0.2, 0.25) is 0 Å². The van der Waals surface area contributed by atoms with Crippen molar-refractivity contribution in [2.24, 2.45) is 0 Å². The summed E-state index contributed by atoms with van der Waals surface area (Å²) >= 11 is 0. The zero-order valence-corrected chi connectivity index (χ0v) is 13.5. The SMILES string of the molecule is CCn1ccnc1[C@@H]1CCCCN1C(=O)c1ccc(OC)nn1. The third-order valence-electron chi connectivity index (χ3n) is 4.22. The predicted octanol–water partition coefficient (Wildman–Crippen LogP) is 2.07. The second kappa shape index (κ2) is 6.76. The van der Waals surface area contributed by atoms with E-state index in [4.69, 9.17) is 4.74 Å². The molecule has 0 aliphatic carbocycles. The van der Waals surface area contributed by atoms with Crippen molar-refractivity contribution in [2.45, 2.75) is 38.8 Å². The Hall–Kier alpha value is -2.44. The fourth-order valence-corrected chi connectivity index (χ4v) is 3.02. The molecule has 1 fully saturated rings. The average molecular weight is 315 g/mol. The summed E-state index contributed by atoms with van der Waals surface area (Å²) in [4.78, 5) is 19.2. The number of methoxy groups -OCH3 is 1. The van der Waals surface area contributed by atoms with Gasteiger partial charge in [0.05, 0.1) is 13.2 Å².